The molecule has 36 heavy (non-hydrogen) atoms. The van der Waals surface area contributed by atoms with Gasteiger partial charge in [-0.1, -0.05) is 0 Å². The van der Waals surface area contributed by atoms with Crippen LogP contribution in [0.4, 0.5) is 11.4 Å². The van der Waals surface area contributed by atoms with Gasteiger partial charge in [0.25, 0.3) is 11.8 Å². The highest BCUT2D eigenvalue weighted by atomic mass is 32.1. The normalized spacial score (nSPS) is 14.9. The van der Waals surface area contributed by atoms with E-state index in [2.05, 4.69) is 0 Å². The van der Waals surface area contributed by atoms with Crippen LogP contribution in [0.2, 0.25) is 0 Å². The third-order valence-corrected chi connectivity index (χ3v) is 6.34. The Kier molecular flexibility index (Phi) is 6.07. The summed E-state index contributed by atoms with van der Waals surface area (Å²) in [6.45, 7) is 2.00. The summed E-state index contributed by atoms with van der Waals surface area (Å²) in [5.74, 6) is 1.37. The lowest BCUT2D eigenvalue weighted by atomic mass is 10.0. The van der Waals surface area contributed by atoms with E-state index < -0.39 is 11.8 Å². The maximum Gasteiger partial charge on any atom is 0.270 e. The number of aryl methyl sites for hydroxylation is 1. The summed E-state index contributed by atoms with van der Waals surface area (Å²) >= 11 is 5.68. The Morgan fingerprint density at radius 3 is 1.75 bits per heavy atom. The second-order valence-electron chi connectivity index (χ2n) is 8.08. The van der Waals surface area contributed by atoms with Gasteiger partial charge in [0.1, 0.15) is 17.1 Å². The summed E-state index contributed by atoms with van der Waals surface area (Å²) in [5.41, 5.74) is 2.45. The van der Waals surface area contributed by atoms with Crippen LogP contribution < -0.4 is 28.7 Å². The molecule has 3 aromatic rings. The summed E-state index contributed by atoms with van der Waals surface area (Å²) in [5, 5.41) is 0.0416. The minimum absolute atomic E-state index is 0.0416. The average Bonchev–Trinajstić information content (AvgIpc) is 3.34. The van der Waals surface area contributed by atoms with Crippen molar-refractivity contribution in [1.29, 1.82) is 0 Å². The number of carbonyl (C=O) groups is 2. The van der Waals surface area contributed by atoms with Gasteiger partial charge in [-0.15, -0.1) is 0 Å². The van der Waals surface area contributed by atoms with E-state index in [-0.39, 0.29) is 17.5 Å². The number of methoxy groups -OCH3 is 2. The van der Waals surface area contributed by atoms with Crippen LogP contribution in [-0.4, -0.2) is 37.9 Å². The molecule has 1 saturated heterocycles. The van der Waals surface area contributed by atoms with E-state index in [9.17, 15) is 9.59 Å². The number of fused-ring (bicyclic) bond motifs is 1. The molecule has 0 spiro atoms. The quantitative estimate of drug-likeness (QED) is 0.289. The van der Waals surface area contributed by atoms with Crippen LogP contribution in [0, 0.1) is 6.92 Å². The Bertz CT molecular complexity index is 1330. The van der Waals surface area contributed by atoms with Crippen molar-refractivity contribution in [3.63, 3.8) is 0 Å². The summed E-state index contributed by atoms with van der Waals surface area (Å²) in [7, 11) is 3.12. The third kappa shape index (κ3) is 4.03. The number of carbonyl (C=O) groups excluding carboxylic acids is 2. The van der Waals surface area contributed by atoms with Gasteiger partial charge in [-0.05, 0) is 97.0 Å². The van der Waals surface area contributed by atoms with E-state index in [1.54, 1.807) is 74.9 Å². The number of hydrogen-bond acceptors (Lipinski definition) is 7. The predicted molar refractivity (Wildman–Crippen MR) is 139 cm³/mol. The lowest BCUT2D eigenvalue weighted by Crippen LogP contribution is -2.56. The van der Waals surface area contributed by atoms with Crippen molar-refractivity contribution in [1.82, 2.24) is 0 Å². The zero-order valence-electron chi connectivity index (χ0n) is 19.8. The molecule has 0 bridgehead atoms. The number of rotatable bonds is 5. The Morgan fingerprint density at radius 2 is 1.28 bits per heavy atom. The maximum absolute atomic E-state index is 13.7. The van der Waals surface area contributed by atoms with Gasteiger partial charge in [0.15, 0.2) is 16.6 Å². The molecule has 0 atom stereocenters. The summed E-state index contributed by atoms with van der Waals surface area (Å²) < 4.78 is 21.4. The van der Waals surface area contributed by atoms with Crippen LogP contribution in [-0.2, 0) is 9.59 Å². The Labute approximate surface area is 213 Å². The lowest BCUT2D eigenvalue weighted by Gasteiger charge is -2.36. The fraction of sp³-hybridized carbons (Fsp3) is 0.148. The summed E-state index contributed by atoms with van der Waals surface area (Å²) in [4.78, 5) is 30.2. The zero-order valence-corrected chi connectivity index (χ0v) is 20.6. The van der Waals surface area contributed by atoms with Crippen molar-refractivity contribution >= 4 is 46.6 Å². The molecule has 0 N–H and O–H groups in total. The van der Waals surface area contributed by atoms with Crippen molar-refractivity contribution < 1.29 is 28.5 Å². The molecule has 2 aliphatic rings. The van der Waals surface area contributed by atoms with Crippen LogP contribution in [0.5, 0.6) is 23.0 Å². The van der Waals surface area contributed by atoms with Crippen molar-refractivity contribution in [2.75, 3.05) is 30.8 Å². The second kappa shape index (κ2) is 9.35. The first-order chi connectivity index (χ1) is 17.4. The van der Waals surface area contributed by atoms with Crippen LogP contribution in [0.25, 0.3) is 6.08 Å². The van der Waals surface area contributed by atoms with E-state index in [0.717, 1.165) is 5.56 Å². The number of hydrogen-bond donors (Lipinski definition) is 0. The van der Waals surface area contributed by atoms with Gasteiger partial charge >= 0.3 is 0 Å². The molecule has 0 unspecified atom stereocenters. The highest BCUT2D eigenvalue weighted by Crippen LogP contribution is 2.37. The first kappa shape index (κ1) is 23.4. The first-order valence-corrected chi connectivity index (χ1v) is 11.4. The Hall–Kier alpha value is -4.37. The molecular formula is C27H22N2O6S. The molecule has 2 heterocycles. The molecule has 2 aliphatic heterocycles. The fourth-order valence-electron chi connectivity index (χ4n) is 4.02. The zero-order chi connectivity index (χ0) is 25.4. The SMILES string of the molecule is COc1ccc(N2C(=O)C(=Cc3cc4c(cc3C)OCO4)C(=O)N(c3ccc(OC)cc3)C2=S)cc1. The molecule has 5 rings (SSSR count). The van der Waals surface area contributed by atoms with Crippen LogP contribution in [0.3, 0.4) is 0 Å². The number of benzene rings is 3. The van der Waals surface area contributed by atoms with Crippen LogP contribution >= 0.6 is 12.2 Å². The molecule has 0 aromatic heterocycles. The third-order valence-electron chi connectivity index (χ3n) is 5.97. The smallest absolute Gasteiger partial charge is 0.270 e. The van der Waals surface area contributed by atoms with Gasteiger partial charge in [0.2, 0.25) is 6.79 Å². The number of nitrogens with zero attached hydrogens (tertiary/aromatic N) is 2. The largest absolute Gasteiger partial charge is 0.497 e. The highest BCUT2D eigenvalue weighted by Gasteiger charge is 2.41. The van der Waals surface area contributed by atoms with E-state index in [1.165, 1.54) is 9.80 Å². The number of anilines is 2. The van der Waals surface area contributed by atoms with Crippen molar-refractivity contribution in [3.8, 4) is 23.0 Å². The van der Waals surface area contributed by atoms with E-state index in [0.29, 0.717) is 39.9 Å². The summed E-state index contributed by atoms with van der Waals surface area (Å²) in [6, 6.07) is 17.4. The van der Waals surface area contributed by atoms with Crippen LogP contribution in [0.15, 0.2) is 66.2 Å². The molecule has 0 aliphatic carbocycles. The molecule has 0 saturated carbocycles. The fourth-order valence-corrected chi connectivity index (χ4v) is 4.39. The molecular weight excluding hydrogens is 480 g/mol. The van der Waals surface area contributed by atoms with E-state index >= 15 is 0 Å². The maximum atomic E-state index is 13.7. The van der Waals surface area contributed by atoms with E-state index in [1.807, 2.05) is 13.0 Å². The second-order valence-corrected chi connectivity index (χ2v) is 8.44. The average molecular weight is 503 g/mol. The van der Waals surface area contributed by atoms with Gasteiger partial charge < -0.3 is 18.9 Å². The van der Waals surface area contributed by atoms with Gasteiger partial charge in [-0.2, -0.15) is 0 Å². The minimum atomic E-state index is -0.531. The Morgan fingerprint density at radius 1 is 0.806 bits per heavy atom. The molecule has 8 nitrogen and oxygen atoms in total. The minimum Gasteiger partial charge on any atom is -0.497 e. The van der Waals surface area contributed by atoms with Gasteiger partial charge in [-0.25, -0.2) is 0 Å². The van der Waals surface area contributed by atoms with Crippen molar-refractivity contribution in [2.45, 2.75) is 6.92 Å². The molecule has 2 amide bonds. The van der Waals surface area contributed by atoms with Gasteiger partial charge in [0.05, 0.1) is 25.6 Å². The van der Waals surface area contributed by atoms with Gasteiger partial charge in [0, 0.05) is 0 Å². The highest BCUT2D eigenvalue weighted by molar-refractivity contribution is 7.81. The topological polar surface area (TPSA) is 77.5 Å². The monoisotopic (exact) mass is 502 g/mol. The summed E-state index contributed by atoms with van der Waals surface area (Å²) in [6.07, 6.45) is 1.57. The lowest BCUT2D eigenvalue weighted by molar-refractivity contribution is -0.120. The van der Waals surface area contributed by atoms with Gasteiger partial charge in [-0.3, -0.25) is 19.4 Å². The predicted octanol–water partition coefficient (Wildman–Crippen LogP) is 4.49. The molecule has 3 aromatic carbocycles. The Balaban J connectivity index is 1.63. The first-order valence-electron chi connectivity index (χ1n) is 11.0. The molecule has 0 radical (unpaired) electrons. The van der Waals surface area contributed by atoms with Crippen molar-refractivity contribution in [2.24, 2.45) is 0 Å². The number of amides is 2. The van der Waals surface area contributed by atoms with Crippen LogP contribution in [0.1, 0.15) is 11.1 Å². The van der Waals surface area contributed by atoms with E-state index in [4.69, 9.17) is 31.2 Å². The molecule has 9 heteroatoms. The number of thiocarbonyl (C=S) groups is 1. The number of ether oxygens (including phenoxy) is 4. The molecule has 182 valence electrons. The van der Waals surface area contributed by atoms with Crippen molar-refractivity contribution in [3.05, 3.63) is 77.4 Å². The standard InChI is InChI=1S/C27H22N2O6S/c1-16-12-23-24(35-15-34-23)14-17(16)13-22-25(30)28(18-4-8-20(32-2)9-5-18)27(36)29(26(22)31)19-6-10-21(33-3)11-7-19/h4-14H,15H2,1-3H3. The molecule has 1 fully saturated rings.